The third kappa shape index (κ3) is 1.72. The number of anilines is 1. The van der Waals surface area contributed by atoms with Crippen molar-refractivity contribution in [3.8, 4) is 0 Å². The minimum atomic E-state index is 0.465. The van der Waals surface area contributed by atoms with Gasteiger partial charge in [-0.15, -0.1) is 5.10 Å². The van der Waals surface area contributed by atoms with Crippen LogP contribution in [0.15, 0.2) is 6.20 Å². The maximum Gasteiger partial charge on any atom is 0.214 e. The molecule has 4 nitrogen and oxygen atoms in total. The Balaban J connectivity index is 2.23. The minimum Gasteiger partial charge on any atom is -0.358 e. The number of imidazole rings is 1. The lowest BCUT2D eigenvalue weighted by Gasteiger charge is -2.07. The van der Waals surface area contributed by atoms with Crippen molar-refractivity contribution in [2.45, 2.75) is 33.2 Å². The minimum absolute atomic E-state index is 0.465. The molecule has 0 spiro atoms. The van der Waals surface area contributed by atoms with Crippen molar-refractivity contribution in [2.24, 2.45) is 0 Å². The van der Waals surface area contributed by atoms with E-state index in [2.05, 4.69) is 29.2 Å². The molecule has 0 saturated heterocycles. The van der Waals surface area contributed by atoms with Crippen molar-refractivity contribution in [3.63, 3.8) is 0 Å². The lowest BCUT2D eigenvalue weighted by molar-refractivity contribution is 0.758. The SMILES string of the molecule is CCC(C)Nc1nn2cc(C)nc2s1. The maximum atomic E-state index is 4.38. The maximum absolute atomic E-state index is 4.38. The molecule has 0 aliphatic carbocycles. The topological polar surface area (TPSA) is 42.2 Å². The first-order valence-electron chi connectivity index (χ1n) is 4.78. The van der Waals surface area contributed by atoms with Gasteiger partial charge in [-0.1, -0.05) is 18.3 Å². The van der Waals surface area contributed by atoms with Gasteiger partial charge in [-0.2, -0.15) is 0 Å². The number of nitrogens with one attached hydrogen (secondary N) is 1. The van der Waals surface area contributed by atoms with Gasteiger partial charge in [0.1, 0.15) is 0 Å². The van der Waals surface area contributed by atoms with Gasteiger partial charge in [-0.25, -0.2) is 9.50 Å². The van der Waals surface area contributed by atoms with Crippen LogP contribution >= 0.6 is 11.3 Å². The van der Waals surface area contributed by atoms with Crippen molar-refractivity contribution in [1.82, 2.24) is 14.6 Å². The summed E-state index contributed by atoms with van der Waals surface area (Å²) in [6, 6.07) is 0.465. The summed E-state index contributed by atoms with van der Waals surface area (Å²) in [5.74, 6) is 0. The molecular formula is C9H14N4S. The lowest BCUT2D eigenvalue weighted by Crippen LogP contribution is -2.13. The van der Waals surface area contributed by atoms with Crippen LogP contribution in [0, 0.1) is 6.92 Å². The number of rotatable bonds is 3. The standard InChI is InChI=1S/C9H14N4S/c1-4-6(2)10-8-12-13-5-7(3)11-9(13)14-8/h5-6H,4H2,1-3H3,(H,10,12). The molecule has 2 rings (SSSR count). The van der Waals surface area contributed by atoms with Crippen LogP contribution in [0.2, 0.25) is 0 Å². The van der Waals surface area contributed by atoms with Gasteiger partial charge in [0.05, 0.1) is 11.9 Å². The number of hydrogen-bond acceptors (Lipinski definition) is 4. The third-order valence-corrected chi connectivity index (χ3v) is 3.00. The zero-order valence-corrected chi connectivity index (χ0v) is 9.43. The molecule has 0 saturated carbocycles. The molecule has 2 aromatic rings. The lowest BCUT2D eigenvalue weighted by atomic mass is 10.3. The highest BCUT2D eigenvalue weighted by molar-refractivity contribution is 7.20. The first-order chi connectivity index (χ1) is 6.69. The van der Waals surface area contributed by atoms with Crippen molar-refractivity contribution in [3.05, 3.63) is 11.9 Å². The Morgan fingerprint density at radius 1 is 1.64 bits per heavy atom. The van der Waals surface area contributed by atoms with Crippen molar-refractivity contribution >= 4 is 21.4 Å². The Labute approximate surface area is 87.0 Å². The van der Waals surface area contributed by atoms with E-state index in [1.807, 2.05) is 17.6 Å². The Morgan fingerprint density at radius 2 is 2.43 bits per heavy atom. The fourth-order valence-corrected chi connectivity index (χ4v) is 2.12. The van der Waals surface area contributed by atoms with Crippen LogP contribution < -0.4 is 5.32 Å². The van der Waals surface area contributed by atoms with Crippen molar-refractivity contribution in [1.29, 1.82) is 0 Å². The predicted molar refractivity (Wildman–Crippen MR) is 59.0 cm³/mol. The van der Waals surface area contributed by atoms with Gasteiger partial charge >= 0.3 is 0 Å². The molecule has 2 aromatic heterocycles. The van der Waals surface area contributed by atoms with Crippen LogP contribution in [0.4, 0.5) is 5.13 Å². The summed E-state index contributed by atoms with van der Waals surface area (Å²) < 4.78 is 1.82. The highest BCUT2D eigenvalue weighted by atomic mass is 32.1. The molecule has 0 aliphatic rings. The fourth-order valence-electron chi connectivity index (χ4n) is 1.18. The molecule has 2 heterocycles. The largest absolute Gasteiger partial charge is 0.358 e. The number of aromatic nitrogens is 3. The van der Waals surface area contributed by atoms with E-state index in [4.69, 9.17) is 0 Å². The summed E-state index contributed by atoms with van der Waals surface area (Å²) >= 11 is 1.59. The van der Waals surface area contributed by atoms with Crippen molar-refractivity contribution in [2.75, 3.05) is 5.32 Å². The van der Waals surface area contributed by atoms with Crippen LogP contribution in [0.5, 0.6) is 0 Å². The molecule has 0 aromatic carbocycles. The molecular weight excluding hydrogens is 196 g/mol. The average Bonchev–Trinajstić information content (AvgIpc) is 2.60. The quantitative estimate of drug-likeness (QED) is 0.845. The van der Waals surface area contributed by atoms with E-state index >= 15 is 0 Å². The number of fused-ring (bicyclic) bond motifs is 1. The van der Waals surface area contributed by atoms with Crippen LogP contribution in [0.3, 0.4) is 0 Å². The molecule has 0 bridgehead atoms. The van der Waals surface area contributed by atoms with Gasteiger partial charge < -0.3 is 5.32 Å². The van der Waals surface area contributed by atoms with Gasteiger partial charge in [0.2, 0.25) is 10.1 Å². The summed E-state index contributed by atoms with van der Waals surface area (Å²) in [4.78, 5) is 5.30. The fraction of sp³-hybridized carbons (Fsp3) is 0.556. The normalized spacial score (nSPS) is 13.4. The van der Waals surface area contributed by atoms with E-state index in [9.17, 15) is 0 Å². The molecule has 0 aliphatic heterocycles. The van der Waals surface area contributed by atoms with E-state index in [-0.39, 0.29) is 0 Å². The first-order valence-corrected chi connectivity index (χ1v) is 5.60. The van der Waals surface area contributed by atoms with E-state index < -0.39 is 0 Å². The molecule has 1 atom stereocenters. The second-order valence-electron chi connectivity index (χ2n) is 3.47. The van der Waals surface area contributed by atoms with Crippen LogP contribution in [-0.2, 0) is 0 Å². The summed E-state index contributed by atoms with van der Waals surface area (Å²) in [5, 5.41) is 8.66. The number of aryl methyl sites for hydroxylation is 1. The summed E-state index contributed by atoms with van der Waals surface area (Å²) in [6.07, 6.45) is 3.04. The molecule has 0 amide bonds. The van der Waals surface area contributed by atoms with E-state index in [1.54, 1.807) is 11.3 Å². The number of hydrogen-bond donors (Lipinski definition) is 1. The molecule has 5 heteroatoms. The van der Waals surface area contributed by atoms with Crippen LogP contribution in [0.1, 0.15) is 26.0 Å². The first kappa shape index (κ1) is 9.45. The second-order valence-corrected chi connectivity index (χ2v) is 4.43. The summed E-state index contributed by atoms with van der Waals surface area (Å²) in [5.41, 5.74) is 1.01. The molecule has 1 unspecified atom stereocenters. The highest BCUT2D eigenvalue weighted by Crippen LogP contribution is 2.19. The molecule has 14 heavy (non-hydrogen) atoms. The van der Waals surface area contributed by atoms with Crippen LogP contribution in [-0.4, -0.2) is 20.6 Å². The van der Waals surface area contributed by atoms with Gasteiger partial charge in [0, 0.05) is 6.04 Å². The third-order valence-electron chi connectivity index (χ3n) is 2.15. The number of nitrogens with zero attached hydrogens (tertiary/aromatic N) is 3. The molecule has 0 radical (unpaired) electrons. The Hall–Kier alpha value is -1.10. The monoisotopic (exact) mass is 210 g/mol. The molecule has 76 valence electrons. The van der Waals surface area contributed by atoms with Crippen LogP contribution in [0.25, 0.3) is 4.96 Å². The highest BCUT2D eigenvalue weighted by Gasteiger charge is 2.07. The van der Waals surface area contributed by atoms with E-state index in [1.165, 1.54) is 0 Å². The molecule has 1 N–H and O–H groups in total. The second kappa shape index (κ2) is 3.57. The zero-order valence-electron chi connectivity index (χ0n) is 8.61. The smallest absolute Gasteiger partial charge is 0.214 e. The van der Waals surface area contributed by atoms with E-state index in [0.717, 1.165) is 22.2 Å². The van der Waals surface area contributed by atoms with Gasteiger partial charge in [0.25, 0.3) is 0 Å². The van der Waals surface area contributed by atoms with Gasteiger partial charge in [-0.3, -0.25) is 0 Å². The zero-order chi connectivity index (χ0) is 10.1. The summed E-state index contributed by atoms with van der Waals surface area (Å²) in [7, 11) is 0. The predicted octanol–water partition coefficient (Wildman–Crippen LogP) is 2.31. The average molecular weight is 210 g/mol. The Kier molecular flexibility index (Phi) is 2.41. The Morgan fingerprint density at radius 3 is 3.07 bits per heavy atom. The molecule has 0 fully saturated rings. The van der Waals surface area contributed by atoms with Crippen molar-refractivity contribution < 1.29 is 0 Å². The van der Waals surface area contributed by atoms with Gasteiger partial charge in [-0.05, 0) is 20.3 Å². The Bertz CT molecular complexity index is 399. The van der Waals surface area contributed by atoms with E-state index in [0.29, 0.717) is 6.04 Å². The van der Waals surface area contributed by atoms with Gasteiger partial charge in [0.15, 0.2) is 0 Å². The summed E-state index contributed by atoms with van der Waals surface area (Å²) in [6.45, 7) is 6.28.